The summed E-state index contributed by atoms with van der Waals surface area (Å²) in [4.78, 5) is 25.2. The number of carbonyl (C=O) groups excluding carboxylic acids is 2. The van der Waals surface area contributed by atoms with Crippen LogP contribution in [-0.4, -0.2) is 32.7 Å². The molecule has 29 heavy (non-hydrogen) atoms. The molecule has 0 radical (unpaired) electrons. The summed E-state index contributed by atoms with van der Waals surface area (Å²) < 4.78 is 15.3. The number of nitrogens with zero attached hydrogens (tertiary/aromatic N) is 1. The molecule has 1 aliphatic carbocycles. The van der Waals surface area contributed by atoms with Crippen molar-refractivity contribution in [3.05, 3.63) is 45.8 Å². The molecular formula is C21H20N2O5S. The second kappa shape index (κ2) is 9.26. The third-order valence-electron chi connectivity index (χ3n) is 4.42. The zero-order valence-corrected chi connectivity index (χ0v) is 16.9. The van der Waals surface area contributed by atoms with Crippen molar-refractivity contribution in [2.45, 2.75) is 19.3 Å². The van der Waals surface area contributed by atoms with Crippen LogP contribution >= 0.6 is 11.3 Å². The first kappa shape index (κ1) is 20.4. The summed E-state index contributed by atoms with van der Waals surface area (Å²) in [6.45, 7) is -0.432. The minimum absolute atomic E-state index is 0.432. The molecule has 8 heteroatoms. The highest BCUT2D eigenvalue weighted by molar-refractivity contribution is 7.16. The van der Waals surface area contributed by atoms with E-state index in [0.717, 1.165) is 29.7 Å². The van der Waals surface area contributed by atoms with Crippen molar-refractivity contribution in [1.82, 2.24) is 0 Å². The number of fused-ring (bicyclic) bond motifs is 1. The van der Waals surface area contributed by atoms with E-state index in [1.54, 1.807) is 24.3 Å². The van der Waals surface area contributed by atoms with Gasteiger partial charge in [0.25, 0.3) is 5.91 Å². The third-order valence-corrected chi connectivity index (χ3v) is 5.62. The first-order valence-electron chi connectivity index (χ1n) is 8.96. The van der Waals surface area contributed by atoms with Gasteiger partial charge in [0.1, 0.15) is 22.6 Å². The van der Waals surface area contributed by atoms with Gasteiger partial charge in [0.05, 0.1) is 19.8 Å². The number of carbonyl (C=O) groups is 2. The van der Waals surface area contributed by atoms with Crippen molar-refractivity contribution in [2.75, 3.05) is 26.1 Å². The predicted octanol–water partition coefficient (Wildman–Crippen LogP) is 3.32. The lowest BCUT2D eigenvalue weighted by molar-refractivity contribution is -0.142. The molecule has 0 saturated carbocycles. The molecule has 0 unspecified atom stereocenters. The second-order valence-corrected chi connectivity index (χ2v) is 7.41. The van der Waals surface area contributed by atoms with Gasteiger partial charge in [-0.3, -0.25) is 4.79 Å². The molecule has 2 aromatic rings. The van der Waals surface area contributed by atoms with Crippen LogP contribution in [0.5, 0.6) is 11.5 Å². The number of anilines is 1. The summed E-state index contributed by atoms with van der Waals surface area (Å²) >= 11 is 1.42. The number of benzene rings is 1. The van der Waals surface area contributed by atoms with Crippen LogP contribution in [0.25, 0.3) is 6.08 Å². The van der Waals surface area contributed by atoms with Crippen LogP contribution in [0.15, 0.2) is 24.3 Å². The van der Waals surface area contributed by atoms with Crippen LogP contribution in [0.3, 0.4) is 0 Å². The van der Waals surface area contributed by atoms with E-state index < -0.39 is 18.5 Å². The molecule has 7 nitrogen and oxygen atoms in total. The average molecular weight is 412 g/mol. The second-order valence-electron chi connectivity index (χ2n) is 6.31. The first-order valence-corrected chi connectivity index (χ1v) is 9.78. The minimum Gasteiger partial charge on any atom is -0.497 e. The molecule has 0 atom stereocenters. The number of esters is 1. The van der Waals surface area contributed by atoms with Crippen molar-refractivity contribution >= 4 is 34.3 Å². The van der Waals surface area contributed by atoms with E-state index >= 15 is 0 Å². The fraction of sp³-hybridized carbons (Fsp3) is 0.286. The fourth-order valence-electron chi connectivity index (χ4n) is 3.05. The summed E-state index contributed by atoms with van der Waals surface area (Å²) in [5.74, 6) is 0.0446. The van der Waals surface area contributed by atoms with E-state index in [1.807, 2.05) is 0 Å². The van der Waals surface area contributed by atoms with E-state index in [4.69, 9.17) is 14.2 Å². The zero-order valence-electron chi connectivity index (χ0n) is 16.1. The Kier molecular flexibility index (Phi) is 6.52. The molecule has 0 bridgehead atoms. The number of aryl methyl sites for hydroxylation is 1. The monoisotopic (exact) mass is 412 g/mol. The van der Waals surface area contributed by atoms with Crippen molar-refractivity contribution in [2.24, 2.45) is 0 Å². The van der Waals surface area contributed by atoms with Gasteiger partial charge in [-0.25, -0.2) is 4.79 Å². The smallest absolute Gasteiger partial charge is 0.331 e. The molecule has 0 spiro atoms. The molecule has 0 fully saturated rings. The molecule has 0 aliphatic heterocycles. The van der Waals surface area contributed by atoms with Gasteiger partial charge in [0, 0.05) is 17.0 Å². The van der Waals surface area contributed by atoms with Gasteiger partial charge in [-0.1, -0.05) is 0 Å². The molecular weight excluding hydrogens is 392 g/mol. The Bertz CT molecular complexity index is 981. The average Bonchev–Trinajstić information content (AvgIpc) is 3.30. The van der Waals surface area contributed by atoms with Gasteiger partial charge >= 0.3 is 5.97 Å². The number of rotatable bonds is 7. The number of hydrogen-bond acceptors (Lipinski definition) is 7. The lowest BCUT2D eigenvalue weighted by Gasteiger charge is -2.06. The summed E-state index contributed by atoms with van der Waals surface area (Å²) in [6.07, 6.45) is 5.59. The van der Waals surface area contributed by atoms with Crippen LogP contribution in [-0.2, 0) is 27.2 Å². The SMILES string of the molecule is COc1cc(/C=C/C(=O)OCC(=O)Nc2sc3c(c2C#N)CCC3)cc(OC)c1. The normalized spacial score (nSPS) is 12.3. The van der Waals surface area contributed by atoms with Gasteiger partial charge in [0.2, 0.25) is 0 Å². The van der Waals surface area contributed by atoms with E-state index in [9.17, 15) is 14.9 Å². The van der Waals surface area contributed by atoms with Crippen molar-refractivity contribution in [3.8, 4) is 17.6 Å². The van der Waals surface area contributed by atoms with E-state index in [0.29, 0.717) is 27.6 Å². The maximum atomic E-state index is 12.1. The maximum absolute atomic E-state index is 12.1. The highest BCUT2D eigenvalue weighted by atomic mass is 32.1. The Morgan fingerprint density at radius 3 is 2.59 bits per heavy atom. The summed E-state index contributed by atoms with van der Waals surface area (Å²) in [5.41, 5.74) is 2.24. The summed E-state index contributed by atoms with van der Waals surface area (Å²) in [5, 5.41) is 12.5. The standard InChI is InChI=1S/C21H20N2O5S/c1-26-14-8-13(9-15(10-14)27-2)6-7-20(25)28-12-19(24)23-21-17(11-22)16-4-3-5-18(16)29-21/h6-10H,3-5,12H2,1-2H3,(H,23,24)/b7-6+. The van der Waals surface area contributed by atoms with Gasteiger partial charge in [-0.2, -0.15) is 5.26 Å². The Morgan fingerprint density at radius 2 is 1.93 bits per heavy atom. The number of amides is 1. The van der Waals surface area contributed by atoms with E-state index in [2.05, 4.69) is 11.4 Å². The molecule has 1 aromatic carbocycles. The Labute approximate surface area is 172 Å². The lowest BCUT2D eigenvalue weighted by atomic mass is 10.1. The Morgan fingerprint density at radius 1 is 1.21 bits per heavy atom. The molecule has 150 valence electrons. The van der Waals surface area contributed by atoms with Gasteiger partial charge in [-0.15, -0.1) is 11.3 Å². The molecule has 1 aromatic heterocycles. The predicted molar refractivity (Wildman–Crippen MR) is 109 cm³/mol. The zero-order chi connectivity index (χ0) is 20.8. The van der Waals surface area contributed by atoms with Crippen LogP contribution in [0.2, 0.25) is 0 Å². The number of thiophene rings is 1. The number of nitrogens with one attached hydrogen (secondary N) is 1. The van der Waals surface area contributed by atoms with Crippen LogP contribution < -0.4 is 14.8 Å². The fourth-order valence-corrected chi connectivity index (χ4v) is 4.30. The quantitative estimate of drug-likeness (QED) is 0.553. The molecule has 0 saturated heterocycles. The summed E-state index contributed by atoms with van der Waals surface area (Å²) in [7, 11) is 3.07. The molecule has 1 heterocycles. The van der Waals surface area contributed by atoms with E-state index in [1.165, 1.54) is 31.6 Å². The van der Waals surface area contributed by atoms with Gasteiger partial charge in [0.15, 0.2) is 6.61 Å². The maximum Gasteiger partial charge on any atom is 0.331 e. The highest BCUT2D eigenvalue weighted by Crippen LogP contribution is 2.38. The number of methoxy groups -OCH3 is 2. The Hall–Kier alpha value is -3.31. The van der Waals surface area contributed by atoms with Crippen LogP contribution in [0.4, 0.5) is 5.00 Å². The minimum atomic E-state index is -0.656. The molecule has 3 rings (SSSR count). The van der Waals surface area contributed by atoms with Crippen molar-refractivity contribution < 1.29 is 23.8 Å². The topological polar surface area (TPSA) is 97.6 Å². The number of hydrogen-bond donors (Lipinski definition) is 1. The van der Waals surface area contributed by atoms with Crippen molar-refractivity contribution in [3.63, 3.8) is 0 Å². The molecule has 1 N–H and O–H groups in total. The van der Waals surface area contributed by atoms with Crippen molar-refractivity contribution in [1.29, 1.82) is 5.26 Å². The number of nitriles is 1. The molecule has 1 amide bonds. The largest absolute Gasteiger partial charge is 0.497 e. The van der Waals surface area contributed by atoms with Crippen LogP contribution in [0, 0.1) is 11.3 Å². The number of ether oxygens (including phenoxy) is 3. The van der Waals surface area contributed by atoms with Gasteiger partial charge < -0.3 is 19.5 Å². The lowest BCUT2D eigenvalue weighted by Crippen LogP contribution is -2.20. The van der Waals surface area contributed by atoms with Crippen LogP contribution in [0.1, 0.15) is 28.0 Å². The Balaban J connectivity index is 1.55. The van der Waals surface area contributed by atoms with E-state index in [-0.39, 0.29) is 0 Å². The first-order chi connectivity index (χ1) is 14.0. The summed E-state index contributed by atoms with van der Waals surface area (Å²) in [6, 6.07) is 7.35. The third kappa shape index (κ3) is 4.95. The molecule has 1 aliphatic rings. The van der Waals surface area contributed by atoms with Gasteiger partial charge in [-0.05, 0) is 48.6 Å². The highest BCUT2D eigenvalue weighted by Gasteiger charge is 2.23.